The van der Waals surface area contributed by atoms with Crippen molar-refractivity contribution < 1.29 is 9.18 Å². The number of amides is 1. The van der Waals surface area contributed by atoms with Crippen molar-refractivity contribution in [1.29, 1.82) is 0 Å². The lowest BCUT2D eigenvalue weighted by molar-refractivity contribution is -0.128. The molecule has 0 aliphatic carbocycles. The van der Waals surface area contributed by atoms with E-state index < -0.39 is 0 Å². The molecule has 26 heavy (non-hydrogen) atoms. The number of carbonyl (C=O) groups is 1. The summed E-state index contributed by atoms with van der Waals surface area (Å²) in [5.74, 6) is -0.158. The molecule has 0 spiro atoms. The SMILES string of the molecule is CC(c1ccc(-n2cncn2)cc1)N(C)C(=O)CSc1ccccc1F. The fourth-order valence-electron chi connectivity index (χ4n) is 2.49. The zero-order valence-electron chi connectivity index (χ0n) is 14.5. The van der Waals surface area contributed by atoms with Crippen LogP contribution in [0, 0.1) is 5.82 Å². The first-order valence-corrected chi connectivity index (χ1v) is 9.13. The van der Waals surface area contributed by atoms with Crippen LogP contribution in [0.4, 0.5) is 4.39 Å². The number of hydrogen-bond donors (Lipinski definition) is 0. The fraction of sp³-hybridized carbons (Fsp3) is 0.211. The number of hydrogen-bond acceptors (Lipinski definition) is 4. The van der Waals surface area contributed by atoms with Gasteiger partial charge in [-0.05, 0) is 36.8 Å². The molecule has 0 saturated carbocycles. The third-order valence-electron chi connectivity index (χ3n) is 4.22. The van der Waals surface area contributed by atoms with E-state index in [2.05, 4.69) is 10.1 Å². The quantitative estimate of drug-likeness (QED) is 0.621. The number of halogens is 1. The number of thioether (sulfide) groups is 1. The highest BCUT2D eigenvalue weighted by atomic mass is 32.2. The van der Waals surface area contributed by atoms with Crippen molar-refractivity contribution in [2.24, 2.45) is 0 Å². The lowest BCUT2D eigenvalue weighted by Crippen LogP contribution is -2.31. The van der Waals surface area contributed by atoms with Crippen LogP contribution in [0.15, 0.2) is 66.1 Å². The number of rotatable bonds is 6. The Morgan fingerprint density at radius 2 is 1.96 bits per heavy atom. The molecular weight excluding hydrogens is 351 g/mol. The summed E-state index contributed by atoms with van der Waals surface area (Å²) in [4.78, 5) is 18.5. The van der Waals surface area contributed by atoms with Gasteiger partial charge >= 0.3 is 0 Å². The van der Waals surface area contributed by atoms with Gasteiger partial charge in [0.15, 0.2) is 0 Å². The van der Waals surface area contributed by atoms with E-state index in [4.69, 9.17) is 0 Å². The van der Waals surface area contributed by atoms with Gasteiger partial charge in [0, 0.05) is 11.9 Å². The van der Waals surface area contributed by atoms with E-state index in [0.29, 0.717) is 4.90 Å². The second-order valence-electron chi connectivity index (χ2n) is 5.83. The summed E-state index contributed by atoms with van der Waals surface area (Å²) in [6, 6.07) is 14.2. The zero-order valence-corrected chi connectivity index (χ0v) is 15.4. The normalized spacial score (nSPS) is 12.0. The van der Waals surface area contributed by atoms with E-state index >= 15 is 0 Å². The van der Waals surface area contributed by atoms with Gasteiger partial charge in [-0.1, -0.05) is 24.3 Å². The second-order valence-corrected chi connectivity index (χ2v) is 6.85. The Labute approximate surface area is 155 Å². The van der Waals surface area contributed by atoms with Crippen LogP contribution in [0.3, 0.4) is 0 Å². The molecule has 1 amide bonds. The lowest BCUT2D eigenvalue weighted by atomic mass is 10.1. The van der Waals surface area contributed by atoms with Crippen LogP contribution in [0.5, 0.6) is 0 Å². The predicted molar refractivity (Wildman–Crippen MR) is 99.7 cm³/mol. The topological polar surface area (TPSA) is 51.0 Å². The molecule has 0 radical (unpaired) electrons. The van der Waals surface area contributed by atoms with E-state index in [1.165, 1.54) is 24.2 Å². The molecule has 134 valence electrons. The molecule has 7 heteroatoms. The summed E-state index contributed by atoms with van der Waals surface area (Å²) in [5, 5.41) is 4.09. The third-order valence-corrected chi connectivity index (χ3v) is 5.25. The van der Waals surface area contributed by atoms with Crippen LogP contribution < -0.4 is 0 Å². The average Bonchev–Trinajstić information content (AvgIpc) is 3.21. The first kappa shape index (κ1) is 18.1. The van der Waals surface area contributed by atoms with Crippen LogP contribution in [-0.4, -0.2) is 38.4 Å². The van der Waals surface area contributed by atoms with Crippen LogP contribution >= 0.6 is 11.8 Å². The van der Waals surface area contributed by atoms with Gasteiger partial charge in [0.25, 0.3) is 0 Å². The number of nitrogens with zero attached hydrogens (tertiary/aromatic N) is 4. The third kappa shape index (κ3) is 4.11. The summed E-state index contributed by atoms with van der Waals surface area (Å²) >= 11 is 1.21. The lowest BCUT2D eigenvalue weighted by Gasteiger charge is -2.25. The maximum absolute atomic E-state index is 13.7. The Balaban J connectivity index is 1.62. The van der Waals surface area contributed by atoms with Crippen LogP contribution in [0.25, 0.3) is 5.69 Å². The molecule has 2 aromatic carbocycles. The van der Waals surface area contributed by atoms with Gasteiger partial charge < -0.3 is 4.90 Å². The Morgan fingerprint density at radius 3 is 2.62 bits per heavy atom. The molecule has 0 aliphatic rings. The molecule has 0 aliphatic heterocycles. The van der Waals surface area contributed by atoms with Crippen molar-refractivity contribution in [3.63, 3.8) is 0 Å². The maximum Gasteiger partial charge on any atom is 0.233 e. The zero-order chi connectivity index (χ0) is 18.5. The number of benzene rings is 2. The highest BCUT2D eigenvalue weighted by Crippen LogP contribution is 2.24. The molecule has 0 N–H and O–H groups in total. The first-order valence-electron chi connectivity index (χ1n) is 8.14. The minimum Gasteiger partial charge on any atom is -0.338 e. The van der Waals surface area contributed by atoms with Crippen LogP contribution in [-0.2, 0) is 4.79 Å². The van der Waals surface area contributed by atoms with Crippen LogP contribution in [0.2, 0.25) is 0 Å². The average molecular weight is 370 g/mol. The van der Waals surface area contributed by atoms with Crippen molar-refractivity contribution in [2.75, 3.05) is 12.8 Å². The van der Waals surface area contributed by atoms with E-state index in [0.717, 1.165) is 11.3 Å². The Morgan fingerprint density at radius 1 is 1.23 bits per heavy atom. The summed E-state index contributed by atoms with van der Waals surface area (Å²) in [6.07, 6.45) is 3.12. The van der Waals surface area contributed by atoms with Crippen molar-refractivity contribution >= 4 is 17.7 Å². The first-order chi connectivity index (χ1) is 12.6. The largest absolute Gasteiger partial charge is 0.338 e. The Kier molecular flexibility index (Phi) is 5.68. The second kappa shape index (κ2) is 8.14. The van der Waals surface area contributed by atoms with Gasteiger partial charge in [0.2, 0.25) is 5.91 Å². The molecule has 1 aromatic heterocycles. The van der Waals surface area contributed by atoms with Gasteiger partial charge in [-0.3, -0.25) is 4.79 Å². The molecule has 3 rings (SSSR count). The standard InChI is InChI=1S/C19H19FN4OS/c1-14(15-7-9-16(10-8-15)24-13-21-12-22-24)23(2)19(25)11-26-18-6-4-3-5-17(18)20/h3-10,12-14H,11H2,1-2H3. The maximum atomic E-state index is 13.7. The predicted octanol–water partition coefficient (Wildman–Crippen LogP) is 3.72. The molecule has 3 aromatic rings. The smallest absolute Gasteiger partial charge is 0.233 e. The molecule has 1 heterocycles. The molecule has 1 atom stereocenters. The highest BCUT2D eigenvalue weighted by molar-refractivity contribution is 8.00. The molecule has 1 unspecified atom stereocenters. The van der Waals surface area contributed by atoms with Crippen molar-refractivity contribution in [3.05, 3.63) is 72.6 Å². The van der Waals surface area contributed by atoms with Crippen molar-refractivity contribution in [1.82, 2.24) is 19.7 Å². The summed E-state index contributed by atoms with van der Waals surface area (Å²) in [6.45, 7) is 1.97. The van der Waals surface area contributed by atoms with Gasteiger partial charge in [0.05, 0.1) is 17.5 Å². The van der Waals surface area contributed by atoms with Crippen molar-refractivity contribution in [2.45, 2.75) is 17.9 Å². The van der Waals surface area contributed by atoms with Gasteiger partial charge in [0.1, 0.15) is 18.5 Å². The molecule has 0 fully saturated rings. The van der Waals surface area contributed by atoms with Gasteiger partial charge in [-0.25, -0.2) is 14.1 Å². The van der Waals surface area contributed by atoms with Gasteiger partial charge in [-0.2, -0.15) is 5.10 Å². The summed E-state index contributed by atoms with van der Waals surface area (Å²) in [5.41, 5.74) is 1.92. The molecule has 0 bridgehead atoms. The minimum atomic E-state index is -0.301. The Hall–Kier alpha value is -2.67. The molecular formula is C19H19FN4OS. The van der Waals surface area contributed by atoms with E-state index in [-0.39, 0.29) is 23.5 Å². The molecule has 0 saturated heterocycles. The fourth-order valence-corrected chi connectivity index (χ4v) is 3.35. The van der Waals surface area contributed by atoms with Gasteiger partial charge in [-0.15, -0.1) is 11.8 Å². The van der Waals surface area contributed by atoms with E-state index in [9.17, 15) is 9.18 Å². The highest BCUT2D eigenvalue weighted by Gasteiger charge is 2.18. The number of carbonyl (C=O) groups excluding carboxylic acids is 1. The van der Waals surface area contributed by atoms with E-state index in [1.807, 2.05) is 31.2 Å². The number of aromatic nitrogens is 3. The minimum absolute atomic E-state index is 0.0499. The molecule has 5 nitrogen and oxygen atoms in total. The van der Waals surface area contributed by atoms with Crippen molar-refractivity contribution in [3.8, 4) is 5.69 Å². The Bertz CT molecular complexity index is 868. The van der Waals surface area contributed by atoms with E-state index in [1.54, 1.807) is 41.2 Å². The summed E-state index contributed by atoms with van der Waals surface area (Å²) < 4.78 is 15.3. The van der Waals surface area contributed by atoms with Crippen LogP contribution in [0.1, 0.15) is 18.5 Å². The monoisotopic (exact) mass is 370 g/mol. The summed E-state index contributed by atoms with van der Waals surface area (Å²) in [7, 11) is 1.76.